The molecule has 0 fully saturated rings. The molecule has 2 unspecified atom stereocenters. The fraction of sp³-hybridized carbons (Fsp3) is 0.0513. The molecule has 1 aliphatic carbocycles. The Labute approximate surface area is 270 Å². The van der Waals surface area contributed by atoms with Crippen molar-refractivity contribution in [2.45, 2.75) is 11.1 Å². The van der Waals surface area contributed by atoms with Gasteiger partial charge in [0.15, 0.2) is 16.9 Å². The number of para-hydroxylation sites is 2. The quantitative estimate of drug-likeness (QED) is 0.199. The normalized spacial score (nSPS) is 19.2. The molecule has 2 atom stereocenters. The molecule has 1 aliphatic heterocycles. The van der Waals surface area contributed by atoms with Crippen molar-refractivity contribution in [3.63, 3.8) is 0 Å². The molecule has 2 aromatic heterocycles. The largest absolute Gasteiger partial charge is 0.383 e. The number of ketones is 1. The van der Waals surface area contributed by atoms with Crippen LogP contribution < -0.4 is 11.1 Å². The molecular formula is C39H28N6O2. The summed E-state index contributed by atoms with van der Waals surface area (Å²) in [5.74, 6) is -0.0543. The van der Waals surface area contributed by atoms with Gasteiger partial charge < -0.3 is 16.2 Å². The van der Waals surface area contributed by atoms with Crippen molar-refractivity contribution in [1.82, 2.24) is 19.6 Å². The minimum atomic E-state index is -1.93. The summed E-state index contributed by atoms with van der Waals surface area (Å²) >= 11 is 0. The number of rotatable bonds is 5. The van der Waals surface area contributed by atoms with E-state index in [0.29, 0.717) is 39.5 Å². The molecule has 4 N–H and O–H groups in total. The van der Waals surface area contributed by atoms with Gasteiger partial charge >= 0.3 is 0 Å². The highest BCUT2D eigenvalue weighted by atomic mass is 16.3. The second-order valence-corrected chi connectivity index (χ2v) is 11.9. The van der Waals surface area contributed by atoms with Gasteiger partial charge in [0, 0.05) is 27.8 Å². The summed E-state index contributed by atoms with van der Waals surface area (Å²) in [4.78, 5) is 15.4. The summed E-state index contributed by atoms with van der Waals surface area (Å²) in [5, 5.41) is 27.0. The van der Waals surface area contributed by atoms with Crippen molar-refractivity contribution in [3.8, 4) is 33.9 Å². The number of hydrogen-bond donors (Lipinski definition) is 3. The van der Waals surface area contributed by atoms with Crippen LogP contribution in [0.25, 0.3) is 33.9 Å². The smallest absolute Gasteiger partial charge is 0.186 e. The first-order valence-electron chi connectivity index (χ1n) is 15.4. The average Bonchev–Trinajstić information content (AvgIpc) is 3.80. The Balaban J connectivity index is 1.47. The SMILES string of the molecule is Nc1c(C23C(=O)c4ccccc4C2(O)Nc2c(-c4ccccc4)nn(-c4ccccc4)c23)c(-c2ccccc2)nn1-c1ccccc1. The minimum Gasteiger partial charge on any atom is -0.383 e. The molecule has 0 amide bonds. The van der Waals surface area contributed by atoms with E-state index in [0.717, 1.165) is 22.5 Å². The van der Waals surface area contributed by atoms with Gasteiger partial charge in [-0.25, -0.2) is 9.36 Å². The number of nitrogens with two attached hydrogens (primary N) is 1. The molecule has 8 heteroatoms. The van der Waals surface area contributed by atoms with Crippen molar-refractivity contribution in [2.75, 3.05) is 11.1 Å². The first kappa shape index (κ1) is 27.1. The van der Waals surface area contributed by atoms with Crippen LogP contribution in [0.2, 0.25) is 0 Å². The predicted octanol–water partition coefficient (Wildman–Crippen LogP) is 6.73. The van der Waals surface area contributed by atoms with Gasteiger partial charge in [0.1, 0.15) is 11.5 Å². The number of nitrogens with zero attached hydrogens (tertiary/aromatic N) is 4. The molecule has 3 heterocycles. The van der Waals surface area contributed by atoms with Gasteiger partial charge in [0.2, 0.25) is 0 Å². The van der Waals surface area contributed by atoms with Crippen LogP contribution in [0.3, 0.4) is 0 Å². The Morgan fingerprint density at radius 2 is 1.11 bits per heavy atom. The highest BCUT2D eigenvalue weighted by molar-refractivity contribution is 6.17. The van der Waals surface area contributed by atoms with E-state index < -0.39 is 11.1 Å². The molecule has 226 valence electrons. The van der Waals surface area contributed by atoms with E-state index in [1.165, 1.54) is 0 Å². The van der Waals surface area contributed by atoms with Crippen LogP contribution in [0.15, 0.2) is 146 Å². The van der Waals surface area contributed by atoms with E-state index in [1.54, 1.807) is 21.5 Å². The number of Topliss-reactive ketones (excluding diaryl/α,β-unsaturated/α-hetero) is 1. The van der Waals surface area contributed by atoms with Crippen LogP contribution in [-0.4, -0.2) is 30.5 Å². The van der Waals surface area contributed by atoms with E-state index in [1.807, 2.05) is 133 Å². The average molecular weight is 613 g/mol. The van der Waals surface area contributed by atoms with Crippen LogP contribution >= 0.6 is 0 Å². The van der Waals surface area contributed by atoms with Crippen molar-refractivity contribution < 1.29 is 9.90 Å². The maximum Gasteiger partial charge on any atom is 0.186 e. The van der Waals surface area contributed by atoms with Crippen molar-refractivity contribution in [2.24, 2.45) is 0 Å². The van der Waals surface area contributed by atoms with Gasteiger partial charge in [-0.1, -0.05) is 121 Å². The molecule has 0 radical (unpaired) electrons. The minimum absolute atomic E-state index is 0.242. The van der Waals surface area contributed by atoms with E-state index in [9.17, 15) is 5.11 Å². The second kappa shape index (κ2) is 9.87. The van der Waals surface area contributed by atoms with Gasteiger partial charge in [-0.3, -0.25) is 4.79 Å². The summed E-state index contributed by atoms with van der Waals surface area (Å²) in [5.41, 5.74) is 9.93. The highest BCUT2D eigenvalue weighted by Crippen LogP contribution is 2.65. The van der Waals surface area contributed by atoms with Gasteiger partial charge in [0.25, 0.3) is 0 Å². The Morgan fingerprint density at radius 3 is 1.72 bits per heavy atom. The first-order valence-corrected chi connectivity index (χ1v) is 15.4. The Morgan fingerprint density at radius 1 is 0.617 bits per heavy atom. The van der Waals surface area contributed by atoms with E-state index in [4.69, 9.17) is 15.9 Å². The monoisotopic (exact) mass is 612 g/mol. The molecule has 5 aromatic carbocycles. The van der Waals surface area contributed by atoms with E-state index in [2.05, 4.69) is 5.32 Å². The lowest BCUT2D eigenvalue weighted by molar-refractivity contribution is 0.0211. The number of carbonyl (C=O) groups is 1. The van der Waals surface area contributed by atoms with Crippen LogP contribution in [0.4, 0.5) is 11.5 Å². The third-order valence-corrected chi connectivity index (χ3v) is 9.38. The van der Waals surface area contributed by atoms with Gasteiger partial charge in [0.05, 0.1) is 28.5 Å². The van der Waals surface area contributed by atoms with Gasteiger partial charge in [-0.05, 0) is 24.3 Å². The molecule has 2 aliphatic rings. The fourth-order valence-corrected chi connectivity index (χ4v) is 7.40. The van der Waals surface area contributed by atoms with E-state index in [-0.39, 0.29) is 11.6 Å². The second-order valence-electron chi connectivity index (χ2n) is 11.9. The third-order valence-electron chi connectivity index (χ3n) is 9.38. The van der Waals surface area contributed by atoms with Crippen molar-refractivity contribution in [1.29, 1.82) is 0 Å². The number of benzene rings is 5. The number of nitrogen functional groups attached to an aromatic ring is 1. The third kappa shape index (κ3) is 3.53. The molecular weight excluding hydrogens is 584 g/mol. The summed E-state index contributed by atoms with van der Waals surface area (Å²) in [7, 11) is 0. The number of nitrogens with one attached hydrogen (secondary N) is 1. The molecule has 7 aromatic rings. The summed E-state index contributed by atoms with van der Waals surface area (Å²) in [6.07, 6.45) is 0. The summed E-state index contributed by atoms with van der Waals surface area (Å²) in [6, 6.07) is 45.9. The van der Waals surface area contributed by atoms with E-state index >= 15 is 4.79 Å². The molecule has 8 nitrogen and oxygen atoms in total. The Bertz CT molecular complexity index is 2320. The number of hydrogen-bond acceptors (Lipinski definition) is 6. The zero-order valence-corrected chi connectivity index (χ0v) is 25.1. The first-order chi connectivity index (χ1) is 23.0. The molecule has 47 heavy (non-hydrogen) atoms. The number of aliphatic hydroxyl groups is 1. The standard InChI is InChI=1S/C39H28N6O2/c40-37-31(32(25-15-5-1-6-16-25)42-45(37)28-21-11-4-12-22-28)38-35-34(41-39(38,47)30-24-14-13-23-29(30)36(38)46)33(26-17-7-2-8-18-26)43-44(35)27-19-9-3-10-20-27/h1-24,41,47H,40H2. The van der Waals surface area contributed by atoms with Crippen LogP contribution in [-0.2, 0) is 11.1 Å². The van der Waals surface area contributed by atoms with Crippen molar-refractivity contribution in [3.05, 3.63) is 168 Å². The lowest BCUT2D eigenvalue weighted by Crippen LogP contribution is -2.52. The number of anilines is 2. The topological polar surface area (TPSA) is 111 Å². The van der Waals surface area contributed by atoms with Crippen LogP contribution in [0, 0.1) is 0 Å². The highest BCUT2D eigenvalue weighted by Gasteiger charge is 2.73. The lowest BCUT2D eigenvalue weighted by atomic mass is 9.69. The van der Waals surface area contributed by atoms with Gasteiger partial charge in [-0.15, -0.1) is 0 Å². The number of carbonyl (C=O) groups excluding carboxylic acids is 1. The lowest BCUT2D eigenvalue weighted by Gasteiger charge is -2.36. The zero-order valence-electron chi connectivity index (χ0n) is 25.1. The van der Waals surface area contributed by atoms with Crippen molar-refractivity contribution >= 4 is 17.3 Å². The van der Waals surface area contributed by atoms with Crippen LogP contribution in [0.1, 0.15) is 27.2 Å². The molecule has 0 saturated carbocycles. The maximum atomic E-state index is 15.4. The summed E-state index contributed by atoms with van der Waals surface area (Å²) in [6.45, 7) is 0. The number of aromatic nitrogens is 4. The molecule has 0 spiro atoms. The van der Waals surface area contributed by atoms with Gasteiger partial charge in [-0.2, -0.15) is 10.2 Å². The molecule has 0 bridgehead atoms. The summed E-state index contributed by atoms with van der Waals surface area (Å²) < 4.78 is 3.43. The number of fused-ring (bicyclic) bond motifs is 5. The Hall–Kier alpha value is -6.25. The molecule has 0 saturated heterocycles. The zero-order chi connectivity index (χ0) is 31.8. The maximum absolute atomic E-state index is 15.4. The Kier molecular flexibility index (Phi) is 5.69. The molecule has 9 rings (SSSR count). The predicted molar refractivity (Wildman–Crippen MR) is 181 cm³/mol. The fourth-order valence-electron chi connectivity index (χ4n) is 7.40. The van der Waals surface area contributed by atoms with Crippen LogP contribution in [0.5, 0.6) is 0 Å².